The molecule has 0 saturated carbocycles. The molecule has 202 valence electrons. The van der Waals surface area contributed by atoms with Gasteiger partial charge in [-0.25, -0.2) is 8.42 Å². The number of anilines is 1. The zero-order valence-electron chi connectivity index (χ0n) is 22.1. The van der Waals surface area contributed by atoms with Crippen molar-refractivity contribution in [1.29, 1.82) is 0 Å². The Labute approximate surface area is 230 Å². The number of aryl methyl sites for hydroxylation is 2. The maximum atomic E-state index is 14.0. The number of carbonyl (C=O) groups is 2. The highest BCUT2D eigenvalue weighted by atomic mass is 35.5. The molecule has 0 aliphatic carbocycles. The second-order valence-corrected chi connectivity index (χ2v) is 11.7. The first-order chi connectivity index (χ1) is 18.0. The lowest BCUT2D eigenvalue weighted by Crippen LogP contribution is -2.53. The van der Waals surface area contributed by atoms with Gasteiger partial charge in [0.25, 0.3) is 0 Å². The SMILES string of the molecule is CCNC(=O)C(Cc1ccccc1)N(Cc1ccc(Cl)cc1)C(=O)CN(c1cc(C)cc(C)c1)S(C)(=O)=O. The summed E-state index contributed by atoms with van der Waals surface area (Å²) in [5.74, 6) is -0.798. The van der Waals surface area contributed by atoms with Crippen molar-refractivity contribution in [2.45, 2.75) is 39.8 Å². The van der Waals surface area contributed by atoms with Crippen molar-refractivity contribution in [3.05, 3.63) is 100 Å². The molecule has 0 heterocycles. The van der Waals surface area contributed by atoms with Gasteiger partial charge in [-0.15, -0.1) is 0 Å². The van der Waals surface area contributed by atoms with Gasteiger partial charge in [-0.3, -0.25) is 13.9 Å². The number of nitrogens with one attached hydrogen (secondary N) is 1. The van der Waals surface area contributed by atoms with E-state index in [0.717, 1.165) is 32.8 Å². The van der Waals surface area contributed by atoms with Crippen LogP contribution in [0.3, 0.4) is 0 Å². The number of likely N-dealkylation sites (N-methyl/N-ethyl adjacent to an activating group) is 1. The highest BCUT2D eigenvalue weighted by Crippen LogP contribution is 2.23. The van der Waals surface area contributed by atoms with Crippen LogP contribution < -0.4 is 9.62 Å². The van der Waals surface area contributed by atoms with Crippen LogP contribution in [-0.2, 0) is 32.6 Å². The van der Waals surface area contributed by atoms with E-state index in [1.807, 2.05) is 57.2 Å². The van der Waals surface area contributed by atoms with Crippen LogP contribution in [-0.4, -0.2) is 50.5 Å². The summed E-state index contributed by atoms with van der Waals surface area (Å²) in [6, 6.07) is 21.0. The number of nitrogens with zero attached hydrogens (tertiary/aromatic N) is 2. The maximum Gasteiger partial charge on any atom is 0.244 e. The Morgan fingerprint density at radius 3 is 2.08 bits per heavy atom. The fourth-order valence-electron chi connectivity index (χ4n) is 4.34. The molecule has 0 spiro atoms. The van der Waals surface area contributed by atoms with Gasteiger partial charge in [0.05, 0.1) is 11.9 Å². The predicted molar refractivity (Wildman–Crippen MR) is 153 cm³/mol. The number of hydrogen-bond acceptors (Lipinski definition) is 4. The molecule has 0 aliphatic rings. The Bertz CT molecular complexity index is 1340. The fourth-order valence-corrected chi connectivity index (χ4v) is 5.30. The normalized spacial score (nSPS) is 12.0. The number of carbonyl (C=O) groups excluding carboxylic acids is 2. The molecule has 1 atom stereocenters. The first kappa shape index (κ1) is 29.2. The van der Waals surface area contributed by atoms with Crippen LogP contribution in [0.25, 0.3) is 0 Å². The number of rotatable bonds is 11. The van der Waals surface area contributed by atoms with Gasteiger partial charge in [-0.05, 0) is 67.3 Å². The molecular formula is C29H34ClN3O4S. The summed E-state index contributed by atoms with van der Waals surface area (Å²) in [6.07, 6.45) is 1.35. The summed E-state index contributed by atoms with van der Waals surface area (Å²) in [7, 11) is -3.81. The van der Waals surface area contributed by atoms with Crippen molar-refractivity contribution in [3.63, 3.8) is 0 Å². The molecular weight excluding hydrogens is 522 g/mol. The molecule has 2 amide bonds. The minimum absolute atomic E-state index is 0.106. The average Bonchev–Trinajstić information content (AvgIpc) is 2.85. The van der Waals surface area contributed by atoms with Crippen LogP contribution in [0.2, 0.25) is 5.02 Å². The largest absolute Gasteiger partial charge is 0.355 e. The first-order valence-corrected chi connectivity index (χ1v) is 14.6. The Morgan fingerprint density at radius 1 is 0.921 bits per heavy atom. The quantitative estimate of drug-likeness (QED) is 0.377. The lowest BCUT2D eigenvalue weighted by molar-refractivity contribution is -0.140. The van der Waals surface area contributed by atoms with Gasteiger partial charge >= 0.3 is 0 Å². The van der Waals surface area contributed by atoms with Gasteiger partial charge in [-0.1, -0.05) is 60.1 Å². The molecule has 1 unspecified atom stereocenters. The van der Waals surface area contributed by atoms with Gasteiger partial charge in [0.1, 0.15) is 12.6 Å². The molecule has 3 rings (SSSR count). The molecule has 0 bridgehead atoms. The minimum Gasteiger partial charge on any atom is -0.355 e. The van der Waals surface area contributed by atoms with E-state index in [-0.39, 0.29) is 18.9 Å². The summed E-state index contributed by atoms with van der Waals surface area (Å²) < 4.78 is 26.8. The Morgan fingerprint density at radius 2 is 1.53 bits per heavy atom. The Hall–Kier alpha value is -3.36. The number of sulfonamides is 1. The van der Waals surface area contributed by atoms with E-state index in [0.29, 0.717) is 17.3 Å². The van der Waals surface area contributed by atoms with Crippen LogP contribution >= 0.6 is 11.6 Å². The van der Waals surface area contributed by atoms with Crippen LogP contribution in [0.4, 0.5) is 5.69 Å². The third-order valence-corrected chi connectivity index (χ3v) is 7.45. The summed E-state index contributed by atoms with van der Waals surface area (Å²) in [6.45, 7) is 5.61. The van der Waals surface area contributed by atoms with Crippen LogP contribution in [0, 0.1) is 13.8 Å². The summed E-state index contributed by atoms with van der Waals surface area (Å²) in [4.78, 5) is 28.8. The van der Waals surface area contributed by atoms with E-state index in [4.69, 9.17) is 11.6 Å². The van der Waals surface area contributed by atoms with Gasteiger partial charge in [0.15, 0.2) is 0 Å². The van der Waals surface area contributed by atoms with Gasteiger partial charge in [0.2, 0.25) is 21.8 Å². The van der Waals surface area contributed by atoms with Crippen molar-refractivity contribution < 1.29 is 18.0 Å². The van der Waals surface area contributed by atoms with Gasteiger partial charge in [-0.2, -0.15) is 0 Å². The molecule has 0 aliphatic heterocycles. The third-order valence-electron chi connectivity index (χ3n) is 6.06. The highest BCUT2D eigenvalue weighted by molar-refractivity contribution is 7.92. The van der Waals surface area contributed by atoms with E-state index in [1.165, 1.54) is 4.90 Å². The monoisotopic (exact) mass is 555 g/mol. The van der Waals surface area contributed by atoms with E-state index in [9.17, 15) is 18.0 Å². The topological polar surface area (TPSA) is 86.8 Å². The second-order valence-electron chi connectivity index (χ2n) is 9.36. The summed E-state index contributed by atoms with van der Waals surface area (Å²) in [5.41, 5.74) is 3.81. The fraction of sp³-hybridized carbons (Fsp3) is 0.310. The molecule has 7 nitrogen and oxygen atoms in total. The molecule has 0 fully saturated rings. The standard InChI is InChI=1S/C29H34ClN3O4S/c1-5-31-29(35)27(18-23-9-7-6-8-10-23)32(19-24-11-13-25(30)14-12-24)28(34)20-33(38(4,36)37)26-16-21(2)15-22(3)17-26/h6-17,27H,5,18-20H2,1-4H3,(H,31,35). The molecule has 38 heavy (non-hydrogen) atoms. The maximum absolute atomic E-state index is 14.0. The van der Waals surface area contributed by atoms with Crippen LogP contribution in [0.1, 0.15) is 29.2 Å². The van der Waals surface area contributed by atoms with Gasteiger partial charge < -0.3 is 10.2 Å². The van der Waals surface area contributed by atoms with Crippen molar-refractivity contribution in [1.82, 2.24) is 10.2 Å². The zero-order chi connectivity index (χ0) is 27.9. The van der Waals surface area contributed by atoms with Crippen molar-refractivity contribution in [2.75, 3.05) is 23.7 Å². The number of hydrogen-bond donors (Lipinski definition) is 1. The Kier molecular flexibility index (Phi) is 9.94. The Balaban J connectivity index is 2.05. The average molecular weight is 556 g/mol. The van der Waals surface area contributed by atoms with Crippen molar-refractivity contribution in [3.8, 4) is 0 Å². The molecule has 3 aromatic rings. The smallest absolute Gasteiger partial charge is 0.244 e. The minimum atomic E-state index is -3.81. The van der Waals surface area contributed by atoms with Crippen LogP contribution in [0.5, 0.6) is 0 Å². The lowest BCUT2D eigenvalue weighted by atomic mass is 10.0. The zero-order valence-corrected chi connectivity index (χ0v) is 23.7. The molecule has 0 saturated heterocycles. The molecule has 9 heteroatoms. The molecule has 1 N–H and O–H groups in total. The summed E-state index contributed by atoms with van der Waals surface area (Å²) in [5, 5.41) is 3.39. The number of benzene rings is 3. The van der Waals surface area contributed by atoms with Crippen molar-refractivity contribution >= 4 is 39.1 Å². The van der Waals surface area contributed by atoms with Crippen LogP contribution in [0.15, 0.2) is 72.8 Å². The van der Waals surface area contributed by atoms with E-state index >= 15 is 0 Å². The third kappa shape index (κ3) is 8.07. The predicted octanol–water partition coefficient (Wildman–Crippen LogP) is 4.50. The van der Waals surface area contributed by atoms with Gasteiger partial charge in [0, 0.05) is 24.5 Å². The molecule has 0 radical (unpaired) electrons. The molecule has 0 aromatic heterocycles. The van der Waals surface area contributed by atoms with E-state index in [1.54, 1.807) is 36.4 Å². The summed E-state index contributed by atoms with van der Waals surface area (Å²) >= 11 is 6.07. The number of amides is 2. The first-order valence-electron chi connectivity index (χ1n) is 12.4. The second kappa shape index (κ2) is 12.9. The van der Waals surface area contributed by atoms with Crippen molar-refractivity contribution in [2.24, 2.45) is 0 Å². The van der Waals surface area contributed by atoms with E-state index in [2.05, 4.69) is 5.32 Å². The lowest BCUT2D eigenvalue weighted by Gasteiger charge is -2.33. The highest BCUT2D eigenvalue weighted by Gasteiger charge is 2.32. The molecule has 3 aromatic carbocycles. The number of halogens is 1. The van der Waals surface area contributed by atoms with E-state index < -0.39 is 28.5 Å².